The topological polar surface area (TPSA) is 84.5 Å². The maximum atomic E-state index is 12.2. The zero-order valence-electron chi connectivity index (χ0n) is 14.7. The van der Waals surface area contributed by atoms with Gasteiger partial charge in [0.2, 0.25) is 0 Å². The number of rotatable bonds is 8. The summed E-state index contributed by atoms with van der Waals surface area (Å²) in [6.07, 6.45) is 0. The van der Waals surface area contributed by atoms with Gasteiger partial charge < -0.3 is 15.4 Å². The molecule has 0 aromatic heterocycles. The predicted octanol–water partition coefficient (Wildman–Crippen LogP) is 1.76. The summed E-state index contributed by atoms with van der Waals surface area (Å²) in [6.45, 7) is 7.72. The van der Waals surface area contributed by atoms with Gasteiger partial charge in [0, 0.05) is 12.1 Å². The van der Waals surface area contributed by atoms with Gasteiger partial charge in [-0.25, -0.2) is 4.79 Å². The molecule has 2 amide bonds. The van der Waals surface area contributed by atoms with Crippen molar-refractivity contribution >= 4 is 17.8 Å². The van der Waals surface area contributed by atoms with Crippen LogP contribution in [0.4, 0.5) is 0 Å². The molecule has 0 saturated heterocycles. The molecule has 0 unspecified atom stereocenters. The van der Waals surface area contributed by atoms with Crippen molar-refractivity contribution in [1.29, 1.82) is 0 Å². The molecule has 6 nitrogen and oxygen atoms in total. The lowest BCUT2D eigenvalue weighted by atomic mass is 10.0. The molecule has 0 saturated carbocycles. The van der Waals surface area contributed by atoms with Crippen LogP contribution in [0, 0.1) is 11.8 Å². The Labute approximate surface area is 143 Å². The van der Waals surface area contributed by atoms with E-state index in [0.717, 1.165) is 0 Å². The number of nitrogens with one attached hydrogen (secondary N) is 2. The molecule has 1 aromatic carbocycles. The molecule has 0 aliphatic carbocycles. The number of hydrogen-bond acceptors (Lipinski definition) is 4. The highest BCUT2D eigenvalue weighted by molar-refractivity contribution is 5.97. The summed E-state index contributed by atoms with van der Waals surface area (Å²) < 4.78 is 5.03. The van der Waals surface area contributed by atoms with Gasteiger partial charge in [0.15, 0.2) is 6.61 Å². The molecule has 2 N–H and O–H groups in total. The van der Waals surface area contributed by atoms with Crippen molar-refractivity contribution in [1.82, 2.24) is 10.6 Å². The van der Waals surface area contributed by atoms with Gasteiger partial charge in [-0.15, -0.1) is 0 Å². The highest BCUT2D eigenvalue weighted by Crippen LogP contribution is 2.07. The molecule has 6 heteroatoms. The fourth-order valence-electron chi connectivity index (χ4n) is 1.91. The van der Waals surface area contributed by atoms with Crippen molar-refractivity contribution < 1.29 is 19.1 Å². The average Bonchev–Trinajstić information content (AvgIpc) is 2.55. The zero-order chi connectivity index (χ0) is 18.1. The highest BCUT2D eigenvalue weighted by Gasteiger charge is 2.26. The SMILES string of the molecule is CC(C)CNC(=O)COC(=O)[C@H](NC(=O)c1ccccc1)C(C)C. The van der Waals surface area contributed by atoms with Crippen LogP contribution in [0.1, 0.15) is 38.1 Å². The van der Waals surface area contributed by atoms with Gasteiger partial charge in [0.05, 0.1) is 0 Å². The highest BCUT2D eigenvalue weighted by atomic mass is 16.5. The normalized spacial score (nSPS) is 11.9. The molecule has 0 heterocycles. The number of ether oxygens (including phenoxy) is 1. The summed E-state index contributed by atoms with van der Waals surface area (Å²) in [7, 11) is 0. The number of esters is 1. The lowest BCUT2D eigenvalue weighted by Gasteiger charge is -2.20. The van der Waals surface area contributed by atoms with E-state index in [9.17, 15) is 14.4 Å². The first-order chi connectivity index (χ1) is 11.3. The molecule has 1 atom stereocenters. The first-order valence-electron chi connectivity index (χ1n) is 8.10. The predicted molar refractivity (Wildman–Crippen MR) is 91.3 cm³/mol. The van der Waals surface area contributed by atoms with Gasteiger partial charge in [-0.05, 0) is 24.0 Å². The second kappa shape index (κ2) is 9.70. The van der Waals surface area contributed by atoms with E-state index in [1.807, 2.05) is 13.8 Å². The van der Waals surface area contributed by atoms with Crippen LogP contribution in [0.5, 0.6) is 0 Å². The molecule has 0 radical (unpaired) electrons. The monoisotopic (exact) mass is 334 g/mol. The van der Waals surface area contributed by atoms with Crippen LogP contribution >= 0.6 is 0 Å². The smallest absolute Gasteiger partial charge is 0.329 e. The minimum Gasteiger partial charge on any atom is -0.454 e. The molecule has 0 aliphatic rings. The van der Waals surface area contributed by atoms with Crippen LogP contribution in [0.25, 0.3) is 0 Å². The van der Waals surface area contributed by atoms with Crippen LogP contribution in [0.15, 0.2) is 30.3 Å². The third kappa shape index (κ3) is 6.81. The Bertz CT molecular complexity index is 555. The van der Waals surface area contributed by atoms with Gasteiger partial charge in [-0.3, -0.25) is 9.59 Å². The van der Waals surface area contributed by atoms with E-state index in [0.29, 0.717) is 18.0 Å². The Hall–Kier alpha value is -2.37. The van der Waals surface area contributed by atoms with Crippen LogP contribution in [-0.2, 0) is 14.3 Å². The summed E-state index contributed by atoms with van der Waals surface area (Å²) in [4.78, 5) is 36.0. The summed E-state index contributed by atoms with van der Waals surface area (Å²) in [5, 5.41) is 5.33. The summed E-state index contributed by atoms with van der Waals surface area (Å²) in [5.41, 5.74) is 0.464. The fourth-order valence-corrected chi connectivity index (χ4v) is 1.91. The largest absolute Gasteiger partial charge is 0.454 e. The van der Waals surface area contributed by atoms with E-state index in [4.69, 9.17) is 4.74 Å². The maximum absolute atomic E-state index is 12.2. The van der Waals surface area contributed by atoms with Gasteiger partial charge in [-0.2, -0.15) is 0 Å². The molecular formula is C18H26N2O4. The van der Waals surface area contributed by atoms with Gasteiger partial charge in [0.1, 0.15) is 6.04 Å². The van der Waals surface area contributed by atoms with Crippen LogP contribution < -0.4 is 10.6 Å². The molecule has 132 valence electrons. The first-order valence-corrected chi connectivity index (χ1v) is 8.10. The van der Waals surface area contributed by atoms with E-state index in [-0.39, 0.29) is 24.3 Å². The van der Waals surface area contributed by atoms with Crippen molar-refractivity contribution in [2.75, 3.05) is 13.2 Å². The summed E-state index contributed by atoms with van der Waals surface area (Å²) in [6, 6.07) is 7.82. The molecule has 0 bridgehead atoms. The van der Waals surface area contributed by atoms with Crippen LogP contribution in [-0.4, -0.2) is 37.0 Å². The molecule has 1 aromatic rings. The van der Waals surface area contributed by atoms with Gasteiger partial charge >= 0.3 is 5.97 Å². The fraction of sp³-hybridized carbons (Fsp3) is 0.500. The van der Waals surface area contributed by atoms with E-state index in [1.165, 1.54) is 0 Å². The Morgan fingerprint density at radius 3 is 2.21 bits per heavy atom. The van der Waals surface area contributed by atoms with Gasteiger partial charge in [-0.1, -0.05) is 45.9 Å². The number of carbonyl (C=O) groups is 3. The Morgan fingerprint density at radius 2 is 1.67 bits per heavy atom. The van der Waals surface area contributed by atoms with E-state index < -0.39 is 12.0 Å². The first kappa shape index (κ1) is 19.7. The van der Waals surface area contributed by atoms with Crippen molar-refractivity contribution in [2.24, 2.45) is 11.8 Å². The third-order valence-corrected chi connectivity index (χ3v) is 3.30. The maximum Gasteiger partial charge on any atom is 0.329 e. The van der Waals surface area contributed by atoms with E-state index >= 15 is 0 Å². The number of carbonyl (C=O) groups excluding carboxylic acids is 3. The van der Waals surface area contributed by atoms with E-state index in [1.54, 1.807) is 44.2 Å². The number of benzene rings is 1. The lowest BCUT2D eigenvalue weighted by Crippen LogP contribution is -2.46. The Kier molecular flexibility index (Phi) is 7.95. The van der Waals surface area contributed by atoms with E-state index in [2.05, 4.69) is 10.6 Å². The molecule has 0 aliphatic heterocycles. The molecule has 1 rings (SSSR count). The minimum atomic E-state index is -0.810. The van der Waals surface area contributed by atoms with Crippen LogP contribution in [0.3, 0.4) is 0 Å². The molecular weight excluding hydrogens is 308 g/mol. The molecule has 0 fully saturated rings. The summed E-state index contributed by atoms with van der Waals surface area (Å²) in [5.74, 6) is -1.17. The standard InChI is InChI=1S/C18H26N2O4/c1-12(2)10-19-15(21)11-24-18(23)16(13(3)4)20-17(22)14-8-6-5-7-9-14/h5-9,12-13,16H,10-11H2,1-4H3,(H,19,21)(H,20,22)/t16-/m1/s1. The van der Waals surface area contributed by atoms with Crippen LogP contribution in [0.2, 0.25) is 0 Å². The van der Waals surface area contributed by atoms with Crippen molar-refractivity contribution in [3.63, 3.8) is 0 Å². The van der Waals surface area contributed by atoms with Gasteiger partial charge in [0.25, 0.3) is 11.8 Å². The lowest BCUT2D eigenvalue weighted by molar-refractivity contribution is -0.151. The second-order valence-electron chi connectivity index (χ2n) is 6.37. The molecule has 0 spiro atoms. The minimum absolute atomic E-state index is 0.163. The average molecular weight is 334 g/mol. The Morgan fingerprint density at radius 1 is 1.04 bits per heavy atom. The third-order valence-electron chi connectivity index (χ3n) is 3.30. The number of amides is 2. The molecule has 24 heavy (non-hydrogen) atoms. The number of hydrogen-bond donors (Lipinski definition) is 2. The second-order valence-corrected chi connectivity index (χ2v) is 6.37. The van der Waals surface area contributed by atoms with Crippen molar-refractivity contribution in [3.05, 3.63) is 35.9 Å². The van der Waals surface area contributed by atoms with Crippen molar-refractivity contribution in [2.45, 2.75) is 33.7 Å². The Balaban J connectivity index is 2.56. The summed E-state index contributed by atoms with van der Waals surface area (Å²) >= 11 is 0. The quantitative estimate of drug-likeness (QED) is 0.710. The van der Waals surface area contributed by atoms with Crippen molar-refractivity contribution in [3.8, 4) is 0 Å². The zero-order valence-corrected chi connectivity index (χ0v) is 14.7.